The quantitative estimate of drug-likeness (QED) is 0.912. The largest absolute Gasteiger partial charge is 0.393 e. The van der Waals surface area contributed by atoms with Crippen molar-refractivity contribution in [2.24, 2.45) is 0 Å². The van der Waals surface area contributed by atoms with Crippen molar-refractivity contribution in [3.05, 3.63) is 35.5 Å². The summed E-state index contributed by atoms with van der Waals surface area (Å²) in [5.74, 6) is 0. The van der Waals surface area contributed by atoms with E-state index in [1.807, 2.05) is 24.3 Å². The van der Waals surface area contributed by atoms with E-state index in [0.29, 0.717) is 5.02 Å². The first-order valence-electron chi connectivity index (χ1n) is 7.41. The molecule has 2 N–H and O–H groups in total. The van der Waals surface area contributed by atoms with Crippen LogP contribution >= 0.6 is 11.6 Å². The number of aliphatic hydroxyl groups excluding tert-OH is 1. The molecule has 0 bridgehead atoms. The Balaban J connectivity index is 1.60. The summed E-state index contributed by atoms with van der Waals surface area (Å²) in [5.41, 5.74) is 2.00. The summed E-state index contributed by atoms with van der Waals surface area (Å²) in [5, 5.41) is 14.8. The van der Waals surface area contributed by atoms with Gasteiger partial charge in [-0.1, -0.05) is 11.6 Å². The Kier molecular flexibility index (Phi) is 4.58. The molecule has 1 aromatic heterocycles. The molecule has 1 saturated heterocycles. The van der Waals surface area contributed by atoms with Crippen LogP contribution in [0.2, 0.25) is 5.02 Å². The fraction of sp³-hybridized carbons (Fsp3) is 0.438. The number of nitrogens with zero attached hydrogens (tertiary/aromatic N) is 2. The monoisotopic (exact) mass is 305 g/mol. The first-order valence-corrected chi connectivity index (χ1v) is 7.79. The van der Waals surface area contributed by atoms with Crippen LogP contribution in [0.5, 0.6) is 0 Å². The predicted octanol–water partition coefficient (Wildman–Crippen LogP) is 2.76. The lowest BCUT2D eigenvalue weighted by atomic mass is 10.1. The Morgan fingerprint density at radius 1 is 1.29 bits per heavy atom. The number of piperidine rings is 1. The smallest absolute Gasteiger partial charge is 0.0737 e. The molecule has 2 heterocycles. The zero-order valence-corrected chi connectivity index (χ0v) is 12.7. The topological polar surface area (TPSA) is 48.4 Å². The second kappa shape index (κ2) is 6.60. The maximum absolute atomic E-state index is 9.51. The molecule has 1 fully saturated rings. The van der Waals surface area contributed by atoms with Gasteiger partial charge < -0.3 is 15.3 Å². The van der Waals surface area contributed by atoms with Gasteiger partial charge in [-0.05, 0) is 37.1 Å². The third kappa shape index (κ3) is 3.64. The van der Waals surface area contributed by atoms with Crippen molar-refractivity contribution in [1.82, 2.24) is 9.88 Å². The third-order valence-electron chi connectivity index (χ3n) is 4.01. The molecule has 5 heteroatoms. The Morgan fingerprint density at radius 3 is 2.90 bits per heavy atom. The fourth-order valence-electron chi connectivity index (χ4n) is 2.77. The Morgan fingerprint density at radius 2 is 2.10 bits per heavy atom. The van der Waals surface area contributed by atoms with E-state index in [-0.39, 0.29) is 6.10 Å². The number of hydrogen-bond donors (Lipinski definition) is 2. The van der Waals surface area contributed by atoms with Crippen LogP contribution in [0.15, 0.2) is 30.5 Å². The van der Waals surface area contributed by atoms with Crippen LogP contribution < -0.4 is 5.32 Å². The van der Waals surface area contributed by atoms with Gasteiger partial charge in [0.25, 0.3) is 0 Å². The first-order chi connectivity index (χ1) is 10.2. The number of nitrogens with one attached hydrogen (secondary N) is 1. The van der Waals surface area contributed by atoms with Crippen molar-refractivity contribution in [3.63, 3.8) is 0 Å². The number of aromatic nitrogens is 1. The second-order valence-corrected chi connectivity index (χ2v) is 5.96. The summed E-state index contributed by atoms with van der Waals surface area (Å²) < 4.78 is 0. The molecule has 21 heavy (non-hydrogen) atoms. The highest BCUT2D eigenvalue weighted by Crippen LogP contribution is 2.24. The molecule has 2 aromatic rings. The van der Waals surface area contributed by atoms with Crippen LogP contribution in [0.4, 0.5) is 5.69 Å². The molecule has 3 rings (SSSR count). The second-order valence-electron chi connectivity index (χ2n) is 5.52. The minimum absolute atomic E-state index is 0.108. The zero-order valence-electron chi connectivity index (χ0n) is 11.9. The van der Waals surface area contributed by atoms with E-state index in [1.54, 1.807) is 6.20 Å². The predicted molar refractivity (Wildman–Crippen MR) is 86.9 cm³/mol. The van der Waals surface area contributed by atoms with Gasteiger partial charge in [0.1, 0.15) is 0 Å². The van der Waals surface area contributed by atoms with E-state index in [9.17, 15) is 5.11 Å². The summed E-state index contributed by atoms with van der Waals surface area (Å²) in [4.78, 5) is 6.74. The molecule has 0 unspecified atom stereocenters. The Bertz CT molecular complexity index is 611. The molecular weight excluding hydrogens is 286 g/mol. The molecule has 1 aliphatic heterocycles. The molecule has 0 atom stereocenters. The number of pyridine rings is 1. The highest BCUT2D eigenvalue weighted by Gasteiger charge is 2.16. The molecule has 1 aliphatic rings. The van der Waals surface area contributed by atoms with Crippen molar-refractivity contribution in [2.75, 3.05) is 31.5 Å². The number of likely N-dealkylation sites (tertiary alicyclic amines) is 1. The highest BCUT2D eigenvalue weighted by atomic mass is 35.5. The minimum Gasteiger partial charge on any atom is -0.393 e. The number of halogens is 1. The first kappa shape index (κ1) is 14.6. The number of anilines is 1. The summed E-state index contributed by atoms with van der Waals surface area (Å²) in [6, 6.07) is 7.78. The number of aliphatic hydroxyl groups is 1. The van der Waals surface area contributed by atoms with Crippen molar-refractivity contribution < 1.29 is 5.11 Å². The van der Waals surface area contributed by atoms with E-state index in [1.165, 1.54) is 0 Å². The van der Waals surface area contributed by atoms with Gasteiger partial charge in [-0.25, -0.2) is 0 Å². The highest BCUT2D eigenvalue weighted by molar-refractivity contribution is 6.31. The van der Waals surface area contributed by atoms with Crippen LogP contribution in [-0.2, 0) is 0 Å². The average molecular weight is 306 g/mol. The molecule has 0 aliphatic carbocycles. The van der Waals surface area contributed by atoms with Gasteiger partial charge >= 0.3 is 0 Å². The number of benzene rings is 1. The molecule has 112 valence electrons. The standard InChI is InChI=1S/C16H20ClN3O/c17-12-1-2-14-15(3-6-18-16(14)11-12)19-7-10-20-8-4-13(21)5-9-20/h1-3,6,11,13,21H,4-5,7-10H2,(H,18,19). The van der Waals surface area contributed by atoms with E-state index in [4.69, 9.17) is 11.6 Å². The van der Waals surface area contributed by atoms with E-state index in [0.717, 1.165) is 55.6 Å². The number of fused-ring (bicyclic) bond motifs is 1. The minimum atomic E-state index is -0.108. The van der Waals surface area contributed by atoms with Gasteiger partial charge in [-0.2, -0.15) is 0 Å². The molecule has 4 nitrogen and oxygen atoms in total. The lowest BCUT2D eigenvalue weighted by Gasteiger charge is -2.29. The number of rotatable bonds is 4. The van der Waals surface area contributed by atoms with Crippen LogP contribution in [0, 0.1) is 0 Å². The van der Waals surface area contributed by atoms with E-state index >= 15 is 0 Å². The third-order valence-corrected chi connectivity index (χ3v) is 4.24. The summed E-state index contributed by atoms with van der Waals surface area (Å²) in [6.07, 6.45) is 3.47. The zero-order chi connectivity index (χ0) is 14.7. The van der Waals surface area contributed by atoms with Gasteiger partial charge in [0.05, 0.1) is 11.6 Å². The van der Waals surface area contributed by atoms with Crippen molar-refractivity contribution >= 4 is 28.2 Å². The Labute approximate surface area is 129 Å². The van der Waals surface area contributed by atoms with Gasteiger partial charge in [-0.3, -0.25) is 4.98 Å². The van der Waals surface area contributed by atoms with E-state index < -0.39 is 0 Å². The van der Waals surface area contributed by atoms with E-state index in [2.05, 4.69) is 15.2 Å². The van der Waals surface area contributed by atoms with Crippen LogP contribution in [0.3, 0.4) is 0 Å². The molecular formula is C16H20ClN3O. The van der Waals surface area contributed by atoms with Gasteiger partial charge in [0.15, 0.2) is 0 Å². The molecule has 0 spiro atoms. The molecule has 0 radical (unpaired) electrons. The van der Waals surface area contributed by atoms with Gasteiger partial charge in [-0.15, -0.1) is 0 Å². The lowest BCUT2D eigenvalue weighted by molar-refractivity contribution is 0.0845. The SMILES string of the molecule is OC1CCN(CCNc2ccnc3cc(Cl)ccc23)CC1. The summed E-state index contributed by atoms with van der Waals surface area (Å²) in [7, 11) is 0. The van der Waals surface area contributed by atoms with Crippen molar-refractivity contribution in [1.29, 1.82) is 0 Å². The average Bonchev–Trinajstić information content (AvgIpc) is 2.49. The van der Waals surface area contributed by atoms with Crippen molar-refractivity contribution in [3.8, 4) is 0 Å². The van der Waals surface area contributed by atoms with Crippen LogP contribution in [0.1, 0.15) is 12.8 Å². The summed E-state index contributed by atoms with van der Waals surface area (Å²) >= 11 is 6.00. The van der Waals surface area contributed by atoms with Crippen LogP contribution in [-0.4, -0.2) is 47.3 Å². The number of hydrogen-bond acceptors (Lipinski definition) is 4. The molecule has 0 saturated carbocycles. The molecule has 1 aromatic carbocycles. The maximum atomic E-state index is 9.51. The normalized spacial score (nSPS) is 17.2. The lowest BCUT2D eigenvalue weighted by Crippen LogP contribution is -2.38. The van der Waals surface area contributed by atoms with Crippen molar-refractivity contribution in [2.45, 2.75) is 18.9 Å². The molecule has 0 amide bonds. The van der Waals surface area contributed by atoms with Gasteiger partial charge in [0, 0.05) is 48.5 Å². The van der Waals surface area contributed by atoms with Gasteiger partial charge in [0.2, 0.25) is 0 Å². The fourth-order valence-corrected chi connectivity index (χ4v) is 2.93. The summed E-state index contributed by atoms with van der Waals surface area (Å²) in [6.45, 7) is 3.84. The van der Waals surface area contributed by atoms with Crippen LogP contribution in [0.25, 0.3) is 10.9 Å². The maximum Gasteiger partial charge on any atom is 0.0737 e. The Hall–Kier alpha value is -1.36.